The second kappa shape index (κ2) is 9.85. The molecule has 1 amide bonds. The standard InChI is InChI=1S/C23H23NO3S/c1-27-23(26)16-20(21-13-8-14-28-21)24-22(25)15-19(17-9-4-2-5-10-17)18-11-6-3-7-12-18/h2-14,19-20H,15-16H2,1H3,(H,24,25). The molecule has 28 heavy (non-hydrogen) atoms. The van der Waals surface area contributed by atoms with Gasteiger partial charge in [0.2, 0.25) is 5.91 Å². The minimum Gasteiger partial charge on any atom is -0.469 e. The van der Waals surface area contributed by atoms with E-state index in [2.05, 4.69) is 5.32 Å². The first-order chi connectivity index (χ1) is 13.7. The Labute approximate surface area is 169 Å². The molecule has 2 aromatic carbocycles. The Morgan fingerprint density at radius 2 is 1.50 bits per heavy atom. The summed E-state index contributed by atoms with van der Waals surface area (Å²) in [4.78, 5) is 25.7. The van der Waals surface area contributed by atoms with Gasteiger partial charge < -0.3 is 10.1 Å². The molecule has 0 bridgehead atoms. The van der Waals surface area contributed by atoms with Gasteiger partial charge in [-0.3, -0.25) is 9.59 Å². The minimum atomic E-state index is -0.382. The lowest BCUT2D eigenvalue weighted by molar-refractivity contribution is -0.141. The van der Waals surface area contributed by atoms with E-state index in [1.54, 1.807) is 0 Å². The van der Waals surface area contributed by atoms with E-state index in [1.165, 1.54) is 18.4 Å². The molecule has 1 N–H and O–H groups in total. The fourth-order valence-corrected chi connectivity index (χ4v) is 3.98. The van der Waals surface area contributed by atoms with Gasteiger partial charge in [-0.2, -0.15) is 0 Å². The summed E-state index contributed by atoms with van der Waals surface area (Å²) in [5.74, 6) is -0.495. The molecule has 0 radical (unpaired) electrons. The predicted octanol–water partition coefficient (Wildman–Crippen LogP) is 4.69. The first kappa shape index (κ1) is 19.8. The third-order valence-electron chi connectivity index (χ3n) is 4.61. The number of benzene rings is 2. The van der Waals surface area contributed by atoms with Gasteiger partial charge in [0.25, 0.3) is 0 Å². The summed E-state index contributed by atoms with van der Waals surface area (Å²) >= 11 is 1.51. The van der Waals surface area contributed by atoms with Crippen molar-refractivity contribution >= 4 is 23.2 Å². The van der Waals surface area contributed by atoms with Gasteiger partial charge in [0, 0.05) is 17.2 Å². The second-order valence-electron chi connectivity index (χ2n) is 6.49. The summed E-state index contributed by atoms with van der Waals surface area (Å²) in [6.07, 6.45) is 0.418. The molecule has 3 aromatic rings. The van der Waals surface area contributed by atoms with Crippen molar-refractivity contribution in [1.29, 1.82) is 0 Å². The lowest BCUT2D eigenvalue weighted by Crippen LogP contribution is -2.31. The molecule has 1 atom stereocenters. The van der Waals surface area contributed by atoms with Crippen LogP contribution in [0.25, 0.3) is 0 Å². The summed E-state index contributed by atoms with van der Waals surface area (Å²) < 4.78 is 4.79. The smallest absolute Gasteiger partial charge is 0.307 e. The van der Waals surface area contributed by atoms with Gasteiger partial charge in [0.15, 0.2) is 0 Å². The van der Waals surface area contributed by atoms with Crippen LogP contribution in [0.15, 0.2) is 78.2 Å². The zero-order valence-electron chi connectivity index (χ0n) is 15.7. The molecule has 0 fully saturated rings. The summed E-state index contributed by atoms with van der Waals surface area (Å²) in [5, 5.41) is 4.96. The fourth-order valence-electron chi connectivity index (χ4n) is 3.20. The van der Waals surface area contributed by atoms with Crippen LogP contribution in [0.1, 0.15) is 40.8 Å². The molecule has 1 aromatic heterocycles. The van der Waals surface area contributed by atoms with Crippen molar-refractivity contribution in [2.45, 2.75) is 24.8 Å². The molecule has 5 heteroatoms. The fraction of sp³-hybridized carbons (Fsp3) is 0.217. The first-order valence-corrected chi connectivity index (χ1v) is 10.0. The van der Waals surface area contributed by atoms with E-state index in [4.69, 9.17) is 4.74 Å². The van der Waals surface area contributed by atoms with Crippen molar-refractivity contribution in [3.8, 4) is 0 Å². The lowest BCUT2D eigenvalue weighted by atomic mass is 9.88. The minimum absolute atomic E-state index is 0.0514. The van der Waals surface area contributed by atoms with Gasteiger partial charge in [-0.15, -0.1) is 11.3 Å². The van der Waals surface area contributed by atoms with Gasteiger partial charge in [0.05, 0.1) is 19.6 Å². The first-order valence-electron chi connectivity index (χ1n) is 9.17. The number of amides is 1. The third-order valence-corrected chi connectivity index (χ3v) is 5.60. The lowest BCUT2D eigenvalue weighted by Gasteiger charge is -2.21. The average Bonchev–Trinajstić information content (AvgIpc) is 3.27. The number of hydrogen-bond acceptors (Lipinski definition) is 4. The van der Waals surface area contributed by atoms with Crippen LogP contribution >= 0.6 is 11.3 Å². The van der Waals surface area contributed by atoms with Crippen molar-refractivity contribution in [2.75, 3.05) is 7.11 Å². The highest BCUT2D eigenvalue weighted by atomic mass is 32.1. The van der Waals surface area contributed by atoms with Crippen LogP contribution in [0.3, 0.4) is 0 Å². The Balaban J connectivity index is 1.78. The Bertz CT molecular complexity index is 839. The number of nitrogens with one attached hydrogen (secondary N) is 1. The largest absolute Gasteiger partial charge is 0.469 e. The molecule has 1 heterocycles. The zero-order chi connectivity index (χ0) is 19.8. The molecular formula is C23H23NO3S. The molecular weight excluding hydrogens is 370 g/mol. The van der Waals surface area contributed by atoms with Crippen LogP contribution in [0, 0.1) is 0 Å². The Morgan fingerprint density at radius 3 is 2.00 bits per heavy atom. The monoisotopic (exact) mass is 393 g/mol. The maximum Gasteiger partial charge on any atom is 0.307 e. The number of hydrogen-bond donors (Lipinski definition) is 1. The highest BCUT2D eigenvalue weighted by Gasteiger charge is 2.23. The van der Waals surface area contributed by atoms with E-state index in [1.807, 2.05) is 78.2 Å². The summed E-state index contributed by atoms with van der Waals surface area (Å²) in [6, 6.07) is 23.5. The predicted molar refractivity (Wildman–Crippen MR) is 111 cm³/mol. The Kier molecular flexibility index (Phi) is 6.98. The molecule has 0 saturated carbocycles. The van der Waals surface area contributed by atoms with Crippen molar-refractivity contribution in [1.82, 2.24) is 5.32 Å². The van der Waals surface area contributed by atoms with Gasteiger partial charge in [-0.1, -0.05) is 66.7 Å². The number of rotatable bonds is 8. The van der Waals surface area contributed by atoms with Gasteiger partial charge in [-0.05, 0) is 22.6 Å². The van der Waals surface area contributed by atoms with Crippen LogP contribution in [0.4, 0.5) is 0 Å². The summed E-state index contributed by atoms with van der Waals surface area (Å²) in [7, 11) is 1.36. The van der Waals surface area contributed by atoms with Crippen molar-refractivity contribution in [3.05, 3.63) is 94.2 Å². The van der Waals surface area contributed by atoms with Gasteiger partial charge >= 0.3 is 5.97 Å². The number of methoxy groups -OCH3 is 1. The maximum absolute atomic E-state index is 12.9. The van der Waals surface area contributed by atoms with Crippen LogP contribution < -0.4 is 5.32 Å². The number of esters is 1. The van der Waals surface area contributed by atoms with Crippen LogP contribution in [0.2, 0.25) is 0 Å². The van der Waals surface area contributed by atoms with E-state index in [-0.39, 0.29) is 30.3 Å². The SMILES string of the molecule is COC(=O)CC(NC(=O)CC(c1ccccc1)c1ccccc1)c1cccs1. The Morgan fingerprint density at radius 1 is 0.893 bits per heavy atom. The van der Waals surface area contributed by atoms with Gasteiger partial charge in [-0.25, -0.2) is 0 Å². The number of carbonyl (C=O) groups excluding carboxylic acids is 2. The Hall–Kier alpha value is -2.92. The molecule has 0 saturated heterocycles. The van der Waals surface area contributed by atoms with E-state index >= 15 is 0 Å². The van der Waals surface area contributed by atoms with Crippen LogP contribution in [-0.2, 0) is 14.3 Å². The molecule has 0 aliphatic rings. The highest BCUT2D eigenvalue weighted by molar-refractivity contribution is 7.10. The molecule has 1 unspecified atom stereocenters. The third kappa shape index (κ3) is 5.30. The average molecular weight is 394 g/mol. The van der Waals surface area contributed by atoms with E-state index in [9.17, 15) is 9.59 Å². The van der Waals surface area contributed by atoms with Crippen molar-refractivity contribution in [3.63, 3.8) is 0 Å². The van der Waals surface area contributed by atoms with Gasteiger partial charge in [0.1, 0.15) is 0 Å². The van der Waals surface area contributed by atoms with E-state index in [0.717, 1.165) is 16.0 Å². The topological polar surface area (TPSA) is 55.4 Å². The molecule has 4 nitrogen and oxygen atoms in total. The van der Waals surface area contributed by atoms with Crippen molar-refractivity contribution < 1.29 is 14.3 Å². The molecule has 144 valence electrons. The quantitative estimate of drug-likeness (QED) is 0.565. The summed E-state index contributed by atoms with van der Waals surface area (Å²) in [6.45, 7) is 0. The zero-order valence-corrected chi connectivity index (χ0v) is 16.5. The molecule has 3 rings (SSSR count). The number of thiophene rings is 1. The second-order valence-corrected chi connectivity index (χ2v) is 7.47. The molecule has 0 aliphatic heterocycles. The van der Waals surface area contributed by atoms with E-state index < -0.39 is 0 Å². The van der Waals surface area contributed by atoms with Crippen molar-refractivity contribution in [2.24, 2.45) is 0 Å². The normalized spacial score (nSPS) is 11.8. The summed E-state index contributed by atoms with van der Waals surface area (Å²) in [5.41, 5.74) is 2.17. The van der Waals surface area contributed by atoms with Crippen LogP contribution in [-0.4, -0.2) is 19.0 Å². The number of carbonyl (C=O) groups is 2. The van der Waals surface area contributed by atoms with Crippen LogP contribution in [0.5, 0.6) is 0 Å². The molecule has 0 spiro atoms. The maximum atomic E-state index is 12.9. The van der Waals surface area contributed by atoms with E-state index in [0.29, 0.717) is 6.42 Å². The molecule has 0 aliphatic carbocycles. The number of ether oxygens (including phenoxy) is 1. The highest BCUT2D eigenvalue weighted by Crippen LogP contribution is 2.29.